The second kappa shape index (κ2) is 5.84. The van der Waals surface area contributed by atoms with Crippen LogP contribution in [-0.4, -0.2) is 15.8 Å². The van der Waals surface area contributed by atoms with E-state index >= 15 is 0 Å². The topological polar surface area (TPSA) is 42.9 Å². The van der Waals surface area contributed by atoms with Gasteiger partial charge in [-0.15, -0.1) is 0 Å². The van der Waals surface area contributed by atoms with Crippen molar-refractivity contribution in [3.63, 3.8) is 0 Å². The number of carbonyl (C=O) groups is 1. The SMILES string of the molecule is CC(=O)c1ccc(Sc2ncnc3ccccc23)c(Cl)c1. The second-order valence-electron chi connectivity index (χ2n) is 4.50. The molecule has 0 amide bonds. The van der Waals surface area contributed by atoms with E-state index in [9.17, 15) is 4.79 Å². The Bertz CT molecular complexity index is 830. The maximum absolute atomic E-state index is 11.4. The van der Waals surface area contributed by atoms with E-state index in [0.717, 1.165) is 20.8 Å². The summed E-state index contributed by atoms with van der Waals surface area (Å²) >= 11 is 7.73. The van der Waals surface area contributed by atoms with Crippen molar-refractivity contribution in [2.45, 2.75) is 16.8 Å². The lowest BCUT2D eigenvalue weighted by Gasteiger charge is -2.07. The Morgan fingerprint density at radius 2 is 1.95 bits per heavy atom. The third kappa shape index (κ3) is 2.91. The molecule has 3 rings (SSSR count). The summed E-state index contributed by atoms with van der Waals surface area (Å²) < 4.78 is 0. The summed E-state index contributed by atoms with van der Waals surface area (Å²) in [6.45, 7) is 1.52. The molecule has 0 fully saturated rings. The highest BCUT2D eigenvalue weighted by Crippen LogP contribution is 2.35. The van der Waals surface area contributed by atoms with Crippen molar-refractivity contribution in [2.24, 2.45) is 0 Å². The maximum atomic E-state index is 11.4. The van der Waals surface area contributed by atoms with E-state index in [1.54, 1.807) is 18.5 Å². The van der Waals surface area contributed by atoms with Gasteiger partial charge >= 0.3 is 0 Å². The number of aromatic nitrogens is 2. The van der Waals surface area contributed by atoms with Crippen LogP contribution in [-0.2, 0) is 0 Å². The Balaban J connectivity index is 2.01. The van der Waals surface area contributed by atoms with Crippen LogP contribution in [0.5, 0.6) is 0 Å². The average molecular weight is 315 g/mol. The van der Waals surface area contributed by atoms with E-state index in [2.05, 4.69) is 9.97 Å². The number of nitrogens with zero attached hydrogens (tertiary/aromatic N) is 2. The van der Waals surface area contributed by atoms with Gasteiger partial charge in [-0.3, -0.25) is 4.79 Å². The molecule has 0 saturated heterocycles. The number of Topliss-reactive ketones (excluding diaryl/α,β-unsaturated/α-hetero) is 1. The number of hydrogen-bond acceptors (Lipinski definition) is 4. The van der Waals surface area contributed by atoms with Gasteiger partial charge in [-0.1, -0.05) is 47.6 Å². The normalized spacial score (nSPS) is 10.8. The molecule has 104 valence electrons. The highest BCUT2D eigenvalue weighted by molar-refractivity contribution is 7.99. The molecule has 0 bridgehead atoms. The van der Waals surface area contributed by atoms with Gasteiger partial charge in [0.15, 0.2) is 5.78 Å². The number of ketones is 1. The van der Waals surface area contributed by atoms with Gasteiger partial charge in [-0.2, -0.15) is 0 Å². The summed E-state index contributed by atoms with van der Waals surface area (Å²) in [6, 6.07) is 13.1. The largest absolute Gasteiger partial charge is 0.295 e. The van der Waals surface area contributed by atoms with E-state index in [1.165, 1.54) is 18.7 Å². The fourth-order valence-corrected chi connectivity index (χ4v) is 3.15. The second-order valence-corrected chi connectivity index (χ2v) is 5.94. The zero-order valence-electron chi connectivity index (χ0n) is 11.2. The Labute approximate surface area is 131 Å². The molecular weight excluding hydrogens is 304 g/mol. The van der Waals surface area contributed by atoms with Gasteiger partial charge in [0.05, 0.1) is 10.5 Å². The quantitative estimate of drug-likeness (QED) is 0.522. The predicted molar refractivity (Wildman–Crippen MR) is 85.1 cm³/mol. The monoisotopic (exact) mass is 314 g/mol. The number of benzene rings is 2. The van der Waals surface area contributed by atoms with Crippen molar-refractivity contribution in [3.8, 4) is 0 Å². The Morgan fingerprint density at radius 1 is 1.14 bits per heavy atom. The Hall–Kier alpha value is -1.91. The molecule has 5 heteroatoms. The zero-order valence-corrected chi connectivity index (χ0v) is 12.8. The minimum absolute atomic E-state index is 0.000867. The van der Waals surface area contributed by atoms with Gasteiger partial charge in [-0.25, -0.2) is 9.97 Å². The molecule has 3 aromatic rings. The number of fused-ring (bicyclic) bond motifs is 1. The van der Waals surface area contributed by atoms with Crippen molar-refractivity contribution in [2.75, 3.05) is 0 Å². The molecule has 0 saturated carbocycles. The minimum atomic E-state index is 0.000867. The van der Waals surface area contributed by atoms with E-state index in [0.29, 0.717) is 10.6 Å². The van der Waals surface area contributed by atoms with Crippen LogP contribution in [0.1, 0.15) is 17.3 Å². The van der Waals surface area contributed by atoms with Crippen LogP contribution in [0.2, 0.25) is 5.02 Å². The molecule has 0 atom stereocenters. The van der Waals surface area contributed by atoms with E-state index < -0.39 is 0 Å². The zero-order chi connectivity index (χ0) is 14.8. The number of para-hydroxylation sites is 1. The standard InChI is InChI=1S/C16H11ClN2OS/c1-10(20)11-6-7-15(13(17)8-11)21-16-12-4-2-3-5-14(12)18-9-19-16/h2-9H,1H3. The van der Waals surface area contributed by atoms with E-state index in [1.807, 2.05) is 30.3 Å². The molecule has 3 nitrogen and oxygen atoms in total. The van der Waals surface area contributed by atoms with Gasteiger partial charge in [0.25, 0.3) is 0 Å². The molecule has 0 aliphatic rings. The maximum Gasteiger partial charge on any atom is 0.159 e. The summed E-state index contributed by atoms with van der Waals surface area (Å²) in [5.74, 6) is 0.000867. The highest BCUT2D eigenvalue weighted by atomic mass is 35.5. The van der Waals surface area contributed by atoms with Gasteiger partial charge in [0.1, 0.15) is 11.4 Å². The number of rotatable bonds is 3. The Morgan fingerprint density at radius 3 is 2.71 bits per heavy atom. The summed E-state index contributed by atoms with van der Waals surface area (Å²) in [5.41, 5.74) is 1.50. The highest BCUT2D eigenvalue weighted by Gasteiger charge is 2.10. The van der Waals surface area contributed by atoms with Crippen molar-refractivity contribution in [3.05, 3.63) is 59.4 Å². The van der Waals surface area contributed by atoms with Gasteiger partial charge < -0.3 is 0 Å². The predicted octanol–water partition coefficient (Wildman–Crippen LogP) is 4.64. The molecule has 0 aliphatic carbocycles. The molecule has 0 aliphatic heterocycles. The van der Waals surface area contributed by atoms with Crippen molar-refractivity contribution >= 4 is 40.0 Å². The molecular formula is C16H11ClN2OS. The minimum Gasteiger partial charge on any atom is -0.295 e. The van der Waals surface area contributed by atoms with Crippen molar-refractivity contribution in [1.29, 1.82) is 0 Å². The first-order valence-corrected chi connectivity index (χ1v) is 7.52. The van der Waals surface area contributed by atoms with Gasteiger partial charge in [0, 0.05) is 15.8 Å². The fourth-order valence-electron chi connectivity index (χ4n) is 1.97. The fraction of sp³-hybridized carbons (Fsp3) is 0.0625. The first kappa shape index (κ1) is 14.0. The van der Waals surface area contributed by atoms with Crippen LogP contribution >= 0.6 is 23.4 Å². The average Bonchev–Trinajstić information content (AvgIpc) is 2.49. The van der Waals surface area contributed by atoms with Crippen LogP contribution in [0.25, 0.3) is 10.9 Å². The smallest absolute Gasteiger partial charge is 0.159 e. The van der Waals surface area contributed by atoms with Crippen LogP contribution in [0.3, 0.4) is 0 Å². The Kier molecular flexibility index (Phi) is 3.90. The molecule has 0 spiro atoms. The first-order valence-electron chi connectivity index (χ1n) is 6.33. The molecule has 1 heterocycles. The molecule has 0 radical (unpaired) electrons. The van der Waals surface area contributed by atoms with Gasteiger partial charge in [-0.05, 0) is 25.1 Å². The third-order valence-corrected chi connectivity index (χ3v) is 4.57. The third-order valence-electron chi connectivity index (χ3n) is 3.05. The molecule has 21 heavy (non-hydrogen) atoms. The molecule has 2 aromatic carbocycles. The molecule has 1 aromatic heterocycles. The molecule has 0 N–H and O–H groups in total. The number of carbonyl (C=O) groups excluding carboxylic acids is 1. The lowest BCUT2D eigenvalue weighted by molar-refractivity contribution is 0.101. The lowest BCUT2D eigenvalue weighted by atomic mass is 10.1. The summed E-state index contributed by atoms with van der Waals surface area (Å²) in [7, 11) is 0. The van der Waals surface area contributed by atoms with Crippen LogP contribution < -0.4 is 0 Å². The van der Waals surface area contributed by atoms with E-state index in [-0.39, 0.29) is 5.78 Å². The summed E-state index contributed by atoms with van der Waals surface area (Å²) in [5, 5.41) is 2.38. The first-order chi connectivity index (χ1) is 10.1. The van der Waals surface area contributed by atoms with Crippen LogP contribution in [0.4, 0.5) is 0 Å². The van der Waals surface area contributed by atoms with Crippen LogP contribution in [0, 0.1) is 0 Å². The number of halogens is 1. The lowest BCUT2D eigenvalue weighted by Crippen LogP contribution is -1.92. The summed E-state index contributed by atoms with van der Waals surface area (Å²) in [6.07, 6.45) is 1.54. The molecule has 0 unspecified atom stereocenters. The van der Waals surface area contributed by atoms with Crippen LogP contribution in [0.15, 0.2) is 58.7 Å². The van der Waals surface area contributed by atoms with Crippen molar-refractivity contribution < 1.29 is 4.79 Å². The number of hydrogen-bond donors (Lipinski definition) is 0. The van der Waals surface area contributed by atoms with E-state index in [4.69, 9.17) is 11.6 Å². The summed E-state index contributed by atoms with van der Waals surface area (Å²) in [4.78, 5) is 20.8. The van der Waals surface area contributed by atoms with Gasteiger partial charge in [0.2, 0.25) is 0 Å². The van der Waals surface area contributed by atoms with Crippen molar-refractivity contribution in [1.82, 2.24) is 9.97 Å².